The van der Waals surface area contributed by atoms with E-state index in [9.17, 15) is 9.59 Å². The standard InChI is InChI=1S/C19H30N2O2/c1-3-4-5-6-7-8-9-10-14-20-18(22)19(23)21-17-13-11-12-16(2)15-17/h11-13,15H,3-10,14H2,1-2H3,(H,20,22)(H,21,23). The first-order valence-electron chi connectivity index (χ1n) is 8.79. The summed E-state index contributed by atoms with van der Waals surface area (Å²) in [5, 5.41) is 5.29. The Morgan fingerprint density at radius 3 is 2.22 bits per heavy atom. The van der Waals surface area contributed by atoms with E-state index in [4.69, 9.17) is 0 Å². The minimum atomic E-state index is -0.602. The van der Waals surface area contributed by atoms with Crippen molar-refractivity contribution in [3.63, 3.8) is 0 Å². The van der Waals surface area contributed by atoms with Crippen LogP contribution in [0.5, 0.6) is 0 Å². The van der Waals surface area contributed by atoms with E-state index in [2.05, 4.69) is 17.6 Å². The lowest BCUT2D eigenvalue weighted by atomic mass is 10.1. The number of aryl methyl sites for hydroxylation is 1. The van der Waals surface area contributed by atoms with Crippen molar-refractivity contribution in [1.29, 1.82) is 0 Å². The molecule has 128 valence electrons. The van der Waals surface area contributed by atoms with Gasteiger partial charge in [-0.15, -0.1) is 0 Å². The Labute approximate surface area is 140 Å². The van der Waals surface area contributed by atoms with Crippen LogP contribution >= 0.6 is 0 Å². The van der Waals surface area contributed by atoms with Crippen LogP contribution in [0.25, 0.3) is 0 Å². The van der Waals surface area contributed by atoms with E-state index >= 15 is 0 Å². The summed E-state index contributed by atoms with van der Waals surface area (Å²) in [5.74, 6) is -1.16. The largest absolute Gasteiger partial charge is 0.348 e. The van der Waals surface area contributed by atoms with Crippen LogP contribution in [-0.2, 0) is 9.59 Å². The van der Waals surface area contributed by atoms with E-state index in [-0.39, 0.29) is 0 Å². The molecule has 0 saturated heterocycles. The van der Waals surface area contributed by atoms with Gasteiger partial charge < -0.3 is 10.6 Å². The van der Waals surface area contributed by atoms with E-state index in [1.807, 2.05) is 25.1 Å². The van der Waals surface area contributed by atoms with E-state index in [1.54, 1.807) is 6.07 Å². The second-order valence-corrected chi connectivity index (χ2v) is 6.05. The van der Waals surface area contributed by atoms with Crippen LogP contribution in [0.1, 0.15) is 63.9 Å². The number of benzene rings is 1. The van der Waals surface area contributed by atoms with Crippen LogP contribution in [0, 0.1) is 6.92 Å². The zero-order valence-electron chi connectivity index (χ0n) is 14.5. The predicted molar refractivity (Wildman–Crippen MR) is 95.4 cm³/mol. The van der Waals surface area contributed by atoms with Crippen molar-refractivity contribution < 1.29 is 9.59 Å². The van der Waals surface area contributed by atoms with Gasteiger partial charge in [-0.2, -0.15) is 0 Å². The Morgan fingerprint density at radius 1 is 0.913 bits per heavy atom. The molecule has 0 bridgehead atoms. The van der Waals surface area contributed by atoms with Crippen molar-refractivity contribution in [3.8, 4) is 0 Å². The smallest absolute Gasteiger partial charge is 0.313 e. The molecule has 0 aromatic heterocycles. The summed E-state index contributed by atoms with van der Waals surface area (Å²) >= 11 is 0. The van der Waals surface area contributed by atoms with E-state index in [0.717, 1.165) is 18.4 Å². The molecule has 0 heterocycles. The van der Waals surface area contributed by atoms with Crippen LogP contribution in [0.4, 0.5) is 5.69 Å². The van der Waals surface area contributed by atoms with Gasteiger partial charge in [0.15, 0.2) is 0 Å². The number of amides is 2. The number of unbranched alkanes of at least 4 members (excludes halogenated alkanes) is 7. The van der Waals surface area contributed by atoms with Crippen molar-refractivity contribution in [1.82, 2.24) is 5.32 Å². The van der Waals surface area contributed by atoms with Gasteiger partial charge in [0, 0.05) is 12.2 Å². The molecule has 0 saturated carbocycles. The predicted octanol–water partition coefficient (Wildman–Crippen LogP) is 4.19. The monoisotopic (exact) mass is 318 g/mol. The maximum Gasteiger partial charge on any atom is 0.313 e. The van der Waals surface area contributed by atoms with Gasteiger partial charge >= 0.3 is 11.8 Å². The number of nitrogens with one attached hydrogen (secondary N) is 2. The molecule has 4 heteroatoms. The number of hydrogen-bond donors (Lipinski definition) is 2. The maximum absolute atomic E-state index is 11.8. The quantitative estimate of drug-likeness (QED) is 0.502. The highest BCUT2D eigenvalue weighted by molar-refractivity contribution is 6.39. The molecule has 2 N–H and O–H groups in total. The molecule has 0 fully saturated rings. The number of carbonyl (C=O) groups excluding carboxylic acids is 2. The summed E-state index contributed by atoms with van der Waals surface area (Å²) in [5.41, 5.74) is 1.69. The second kappa shape index (κ2) is 11.7. The third-order valence-electron chi connectivity index (χ3n) is 3.80. The minimum absolute atomic E-state index is 0.561. The molecule has 0 spiro atoms. The van der Waals surface area contributed by atoms with Crippen molar-refractivity contribution >= 4 is 17.5 Å². The summed E-state index contributed by atoms with van der Waals surface area (Å²) in [7, 11) is 0. The van der Waals surface area contributed by atoms with E-state index < -0.39 is 11.8 Å². The Morgan fingerprint density at radius 2 is 1.57 bits per heavy atom. The SMILES string of the molecule is CCCCCCCCCCNC(=O)C(=O)Nc1cccc(C)c1. The average molecular weight is 318 g/mol. The first-order valence-corrected chi connectivity index (χ1v) is 8.79. The Hall–Kier alpha value is -1.84. The number of rotatable bonds is 10. The molecule has 1 aromatic carbocycles. The zero-order chi connectivity index (χ0) is 16.9. The molecule has 0 aliphatic heterocycles. The van der Waals surface area contributed by atoms with Gasteiger partial charge in [0.05, 0.1) is 0 Å². The summed E-state index contributed by atoms with van der Waals surface area (Å²) in [6.45, 7) is 4.73. The van der Waals surface area contributed by atoms with E-state index in [0.29, 0.717) is 12.2 Å². The van der Waals surface area contributed by atoms with Crippen LogP contribution in [0.2, 0.25) is 0 Å². The summed E-state index contributed by atoms with van der Waals surface area (Å²) in [4.78, 5) is 23.5. The molecular weight excluding hydrogens is 288 g/mol. The van der Waals surface area contributed by atoms with Crippen LogP contribution in [0.3, 0.4) is 0 Å². The average Bonchev–Trinajstić information content (AvgIpc) is 2.53. The molecule has 0 aliphatic rings. The third kappa shape index (κ3) is 9.01. The van der Waals surface area contributed by atoms with Crippen molar-refractivity contribution in [2.24, 2.45) is 0 Å². The number of carbonyl (C=O) groups is 2. The van der Waals surface area contributed by atoms with Gasteiger partial charge in [-0.1, -0.05) is 64.0 Å². The molecule has 0 atom stereocenters. The first-order chi connectivity index (χ1) is 11.1. The molecular formula is C19H30N2O2. The normalized spacial score (nSPS) is 10.3. The lowest BCUT2D eigenvalue weighted by Gasteiger charge is -2.07. The highest BCUT2D eigenvalue weighted by atomic mass is 16.2. The van der Waals surface area contributed by atoms with Crippen molar-refractivity contribution in [2.75, 3.05) is 11.9 Å². The molecule has 0 unspecified atom stereocenters. The van der Waals surface area contributed by atoms with Gasteiger partial charge in [-0.25, -0.2) is 0 Å². The zero-order valence-corrected chi connectivity index (χ0v) is 14.5. The fraction of sp³-hybridized carbons (Fsp3) is 0.579. The third-order valence-corrected chi connectivity index (χ3v) is 3.80. The highest BCUT2D eigenvalue weighted by Gasteiger charge is 2.12. The number of anilines is 1. The molecule has 1 rings (SSSR count). The van der Waals surface area contributed by atoms with Gasteiger partial charge in [-0.05, 0) is 31.0 Å². The fourth-order valence-corrected chi connectivity index (χ4v) is 2.45. The van der Waals surface area contributed by atoms with Gasteiger partial charge in [0.25, 0.3) is 0 Å². The van der Waals surface area contributed by atoms with Crippen LogP contribution in [-0.4, -0.2) is 18.4 Å². The first kappa shape index (κ1) is 19.2. The second-order valence-electron chi connectivity index (χ2n) is 6.05. The van der Waals surface area contributed by atoms with Gasteiger partial charge in [0.1, 0.15) is 0 Å². The summed E-state index contributed by atoms with van der Waals surface area (Å²) in [6, 6.07) is 7.40. The van der Waals surface area contributed by atoms with Crippen LogP contribution in [0.15, 0.2) is 24.3 Å². The number of hydrogen-bond acceptors (Lipinski definition) is 2. The minimum Gasteiger partial charge on any atom is -0.348 e. The lowest BCUT2D eigenvalue weighted by molar-refractivity contribution is -0.136. The van der Waals surface area contributed by atoms with Crippen molar-refractivity contribution in [2.45, 2.75) is 65.2 Å². The molecule has 1 aromatic rings. The Balaban J connectivity index is 2.08. The lowest BCUT2D eigenvalue weighted by Crippen LogP contribution is -2.35. The molecule has 2 amide bonds. The molecule has 0 aliphatic carbocycles. The molecule has 4 nitrogen and oxygen atoms in total. The molecule has 23 heavy (non-hydrogen) atoms. The Kier molecular flexibility index (Phi) is 9.76. The summed E-state index contributed by atoms with van der Waals surface area (Å²) in [6.07, 6.45) is 9.73. The topological polar surface area (TPSA) is 58.2 Å². The maximum atomic E-state index is 11.8. The molecule has 0 radical (unpaired) electrons. The fourth-order valence-electron chi connectivity index (χ4n) is 2.45. The Bertz CT molecular complexity index is 486. The van der Waals surface area contributed by atoms with E-state index in [1.165, 1.54) is 38.5 Å². The summed E-state index contributed by atoms with van der Waals surface area (Å²) < 4.78 is 0. The highest BCUT2D eigenvalue weighted by Crippen LogP contribution is 2.09. The van der Waals surface area contributed by atoms with Gasteiger partial charge in [-0.3, -0.25) is 9.59 Å². The van der Waals surface area contributed by atoms with Gasteiger partial charge in [0.2, 0.25) is 0 Å². The van der Waals surface area contributed by atoms with Crippen LogP contribution < -0.4 is 10.6 Å². The van der Waals surface area contributed by atoms with Crippen molar-refractivity contribution in [3.05, 3.63) is 29.8 Å².